The number of nitrogens with zero attached hydrogens (tertiary/aromatic N) is 3. The molecule has 0 aromatic heterocycles. The number of piperazine rings is 1. The molecule has 0 radical (unpaired) electrons. The van der Waals surface area contributed by atoms with Crippen LogP contribution in [0, 0.1) is 11.7 Å². The second-order valence-electron chi connectivity index (χ2n) is 11.6. The van der Waals surface area contributed by atoms with Gasteiger partial charge in [-0.25, -0.2) is 12.8 Å². The molecule has 10 nitrogen and oxygen atoms in total. The van der Waals surface area contributed by atoms with Gasteiger partial charge in [0.15, 0.2) is 0 Å². The molecule has 0 spiro atoms. The number of amides is 3. The summed E-state index contributed by atoms with van der Waals surface area (Å²) in [6.07, 6.45) is 2.15. The van der Waals surface area contributed by atoms with Crippen LogP contribution in [-0.4, -0.2) is 84.7 Å². The Hall–Kier alpha value is -3.22. The Balaban J connectivity index is 1.61. The molecule has 2 aromatic rings. The summed E-state index contributed by atoms with van der Waals surface area (Å²) in [4.78, 5) is 43.7. The zero-order chi connectivity index (χ0) is 31.1. The maximum Gasteiger partial charge on any atom is 0.248 e. The molecule has 43 heavy (non-hydrogen) atoms. The predicted molar refractivity (Wildman–Crippen MR) is 157 cm³/mol. The van der Waals surface area contributed by atoms with Crippen LogP contribution in [0.1, 0.15) is 45.1 Å². The van der Waals surface area contributed by atoms with Crippen LogP contribution in [0.2, 0.25) is 5.02 Å². The number of carbonyl (C=O) groups is 3. The average Bonchev–Trinajstić information content (AvgIpc) is 3.52. The van der Waals surface area contributed by atoms with Crippen LogP contribution in [0.4, 0.5) is 4.39 Å². The van der Waals surface area contributed by atoms with Gasteiger partial charge in [0.2, 0.25) is 27.7 Å². The lowest BCUT2D eigenvalue weighted by Crippen LogP contribution is -2.76. The van der Waals surface area contributed by atoms with Crippen LogP contribution in [0.5, 0.6) is 5.75 Å². The minimum Gasteiger partial charge on any atom is -0.495 e. The van der Waals surface area contributed by atoms with Crippen LogP contribution >= 0.6 is 11.6 Å². The molecule has 2 saturated heterocycles. The van der Waals surface area contributed by atoms with Gasteiger partial charge in [-0.05, 0) is 62.6 Å². The molecular weight excluding hydrogens is 599 g/mol. The van der Waals surface area contributed by atoms with Gasteiger partial charge in [-0.15, -0.1) is 0 Å². The number of methoxy groups -OCH3 is 1. The SMILES string of the molecule is COc1ccc(F)cc1S(=O)(=O)N1CC(NC(=O)C2CCCC2)C(=O)N2C(Cc3ccc(Cl)cc3)C(=O)N(C(C)C)CC21. The van der Waals surface area contributed by atoms with Gasteiger partial charge in [0, 0.05) is 29.9 Å². The maximum absolute atomic E-state index is 14.4. The summed E-state index contributed by atoms with van der Waals surface area (Å²) in [5.41, 5.74) is 0.721. The van der Waals surface area contributed by atoms with E-state index in [9.17, 15) is 27.2 Å². The Morgan fingerprint density at radius 1 is 1.07 bits per heavy atom. The minimum absolute atomic E-state index is 0.0679. The molecule has 0 bridgehead atoms. The number of fused-ring (bicyclic) bond motifs is 1. The molecule has 1 saturated carbocycles. The van der Waals surface area contributed by atoms with Crippen molar-refractivity contribution in [1.82, 2.24) is 19.4 Å². The van der Waals surface area contributed by atoms with Gasteiger partial charge in [-0.3, -0.25) is 14.4 Å². The first kappa shape index (κ1) is 31.2. The summed E-state index contributed by atoms with van der Waals surface area (Å²) in [5, 5.41) is 3.30. The topological polar surface area (TPSA) is 116 Å². The molecule has 2 heterocycles. The maximum atomic E-state index is 14.4. The molecule has 1 N–H and O–H groups in total. The standard InChI is InChI=1S/C30H36ClFN4O6S/c1-18(2)34-17-27-35(43(40,41)26-15-22(32)12-13-25(26)42-3)16-23(33-28(37)20-6-4-5-7-20)29(38)36(27)24(30(34)39)14-19-8-10-21(31)11-9-19/h8-13,15,18,20,23-24,27H,4-7,14,16-17H2,1-3H3,(H,33,37). The lowest BCUT2D eigenvalue weighted by molar-refractivity contribution is -0.169. The fourth-order valence-corrected chi connectivity index (χ4v) is 8.16. The second-order valence-corrected chi connectivity index (χ2v) is 13.9. The molecule has 13 heteroatoms. The first-order valence-electron chi connectivity index (χ1n) is 14.4. The Labute approximate surface area is 256 Å². The quantitative estimate of drug-likeness (QED) is 0.477. The molecule has 3 atom stereocenters. The lowest BCUT2D eigenvalue weighted by atomic mass is 9.96. The van der Waals surface area contributed by atoms with E-state index in [-0.39, 0.29) is 49.0 Å². The Kier molecular flexibility index (Phi) is 9.01. The molecular formula is C30H36ClFN4O6S. The largest absolute Gasteiger partial charge is 0.495 e. The van der Waals surface area contributed by atoms with Gasteiger partial charge in [0.05, 0.1) is 13.7 Å². The number of halogens is 2. The molecule has 232 valence electrons. The van der Waals surface area contributed by atoms with E-state index >= 15 is 0 Å². The van der Waals surface area contributed by atoms with Crippen LogP contribution in [0.15, 0.2) is 47.4 Å². The molecule has 2 aliphatic heterocycles. The number of hydrogen-bond donors (Lipinski definition) is 1. The predicted octanol–water partition coefficient (Wildman–Crippen LogP) is 3.18. The third kappa shape index (κ3) is 6.09. The molecule has 3 fully saturated rings. The van der Waals surface area contributed by atoms with Crippen molar-refractivity contribution >= 4 is 39.3 Å². The van der Waals surface area contributed by atoms with Gasteiger partial charge < -0.3 is 19.9 Å². The van der Waals surface area contributed by atoms with E-state index in [0.717, 1.165) is 34.8 Å². The number of ether oxygens (including phenoxy) is 1. The first-order chi connectivity index (χ1) is 20.4. The number of carbonyl (C=O) groups excluding carboxylic acids is 3. The molecule has 3 amide bonds. The van der Waals surface area contributed by atoms with E-state index in [1.54, 1.807) is 29.2 Å². The van der Waals surface area contributed by atoms with Gasteiger partial charge in [0.1, 0.15) is 34.7 Å². The van der Waals surface area contributed by atoms with E-state index in [2.05, 4.69) is 5.32 Å². The van der Waals surface area contributed by atoms with Crippen LogP contribution < -0.4 is 10.1 Å². The number of nitrogens with one attached hydrogen (secondary N) is 1. The van der Waals surface area contributed by atoms with Crippen molar-refractivity contribution in [3.05, 3.63) is 58.9 Å². The van der Waals surface area contributed by atoms with Crippen molar-refractivity contribution in [2.75, 3.05) is 20.2 Å². The van der Waals surface area contributed by atoms with E-state index < -0.39 is 44.9 Å². The highest BCUT2D eigenvalue weighted by atomic mass is 35.5. The first-order valence-corrected chi connectivity index (χ1v) is 16.3. The highest BCUT2D eigenvalue weighted by Crippen LogP contribution is 2.36. The Bertz CT molecular complexity index is 1500. The third-order valence-corrected chi connectivity index (χ3v) is 10.7. The molecule has 2 aromatic carbocycles. The monoisotopic (exact) mass is 634 g/mol. The van der Waals surface area contributed by atoms with Crippen molar-refractivity contribution in [3.63, 3.8) is 0 Å². The van der Waals surface area contributed by atoms with Crippen molar-refractivity contribution < 1.29 is 31.9 Å². The molecule has 5 rings (SSSR count). The number of benzene rings is 2. The zero-order valence-electron chi connectivity index (χ0n) is 24.3. The summed E-state index contributed by atoms with van der Waals surface area (Å²) in [5.74, 6) is -2.32. The average molecular weight is 635 g/mol. The Morgan fingerprint density at radius 2 is 1.74 bits per heavy atom. The summed E-state index contributed by atoms with van der Waals surface area (Å²) in [6, 6.07) is 7.44. The van der Waals surface area contributed by atoms with Crippen molar-refractivity contribution in [1.29, 1.82) is 0 Å². The van der Waals surface area contributed by atoms with Crippen molar-refractivity contribution in [3.8, 4) is 5.75 Å². The zero-order valence-corrected chi connectivity index (χ0v) is 25.9. The van der Waals surface area contributed by atoms with Gasteiger partial charge >= 0.3 is 0 Å². The summed E-state index contributed by atoms with van der Waals surface area (Å²) in [7, 11) is -3.23. The Morgan fingerprint density at radius 3 is 2.37 bits per heavy atom. The summed E-state index contributed by atoms with van der Waals surface area (Å²) < 4.78 is 49.5. The highest BCUT2D eigenvalue weighted by Gasteiger charge is 2.54. The highest BCUT2D eigenvalue weighted by molar-refractivity contribution is 7.89. The number of sulfonamides is 1. The fourth-order valence-electron chi connectivity index (χ4n) is 6.28. The van der Waals surface area contributed by atoms with Gasteiger partial charge in [-0.1, -0.05) is 36.6 Å². The van der Waals surface area contributed by atoms with Crippen molar-refractivity contribution in [2.24, 2.45) is 5.92 Å². The van der Waals surface area contributed by atoms with E-state index in [4.69, 9.17) is 16.3 Å². The fraction of sp³-hybridized carbons (Fsp3) is 0.500. The minimum atomic E-state index is -4.51. The molecule has 3 unspecified atom stereocenters. The van der Waals surface area contributed by atoms with E-state index in [0.29, 0.717) is 17.9 Å². The van der Waals surface area contributed by atoms with Crippen LogP contribution in [0.3, 0.4) is 0 Å². The second kappa shape index (κ2) is 12.4. The van der Waals surface area contributed by atoms with Crippen molar-refractivity contribution in [2.45, 2.75) is 75.1 Å². The van der Waals surface area contributed by atoms with Crippen LogP contribution in [0.25, 0.3) is 0 Å². The number of rotatable bonds is 8. The molecule has 3 aliphatic rings. The van der Waals surface area contributed by atoms with Crippen LogP contribution in [-0.2, 0) is 30.8 Å². The lowest BCUT2D eigenvalue weighted by Gasteiger charge is -2.54. The van der Waals surface area contributed by atoms with Gasteiger partial charge in [0.25, 0.3) is 0 Å². The normalized spacial score (nSPS) is 23.5. The van der Waals surface area contributed by atoms with E-state index in [1.807, 2.05) is 13.8 Å². The summed E-state index contributed by atoms with van der Waals surface area (Å²) in [6.45, 7) is 3.15. The summed E-state index contributed by atoms with van der Waals surface area (Å²) >= 11 is 6.08. The smallest absolute Gasteiger partial charge is 0.248 e. The van der Waals surface area contributed by atoms with Gasteiger partial charge in [-0.2, -0.15) is 4.31 Å². The third-order valence-electron chi connectivity index (χ3n) is 8.55. The number of hydrogen-bond acceptors (Lipinski definition) is 6. The molecule has 1 aliphatic carbocycles. The van der Waals surface area contributed by atoms with E-state index in [1.165, 1.54) is 18.1 Å².